The van der Waals surface area contributed by atoms with E-state index in [4.69, 9.17) is 0 Å². The first-order valence-corrected chi connectivity index (χ1v) is 6.05. The van der Waals surface area contributed by atoms with Crippen molar-refractivity contribution in [1.29, 1.82) is 0 Å². The van der Waals surface area contributed by atoms with E-state index in [-0.39, 0.29) is 6.04 Å². The number of aromatic nitrogens is 4. The number of hydrogen-bond acceptors (Lipinski definition) is 4. The monoisotopic (exact) mass is 245 g/mol. The van der Waals surface area contributed by atoms with Gasteiger partial charge in [-0.3, -0.25) is 14.6 Å². The third-order valence-electron chi connectivity index (χ3n) is 3.20. The maximum atomic E-state index is 4.40. The van der Waals surface area contributed by atoms with Gasteiger partial charge in [0.25, 0.3) is 0 Å². The van der Waals surface area contributed by atoms with Gasteiger partial charge in [0.05, 0.1) is 34.5 Å². The summed E-state index contributed by atoms with van der Waals surface area (Å²) in [6.07, 6.45) is 3.44. The smallest absolute Gasteiger partial charge is 0.0835 e. The Bertz CT molecular complexity index is 559. The van der Waals surface area contributed by atoms with E-state index in [1.54, 1.807) is 12.4 Å². The molecule has 0 spiro atoms. The van der Waals surface area contributed by atoms with Crippen LogP contribution in [0.3, 0.4) is 0 Å². The quantitative estimate of drug-likeness (QED) is 0.901. The minimum Gasteiger partial charge on any atom is -0.374 e. The number of nitrogens with zero attached hydrogens (tertiary/aromatic N) is 4. The fraction of sp³-hybridized carbons (Fsp3) is 0.462. The highest BCUT2D eigenvalue weighted by molar-refractivity contribution is 5.53. The molecule has 1 N–H and O–H groups in total. The van der Waals surface area contributed by atoms with Crippen molar-refractivity contribution in [3.05, 3.63) is 35.2 Å². The molecule has 2 rings (SSSR count). The van der Waals surface area contributed by atoms with E-state index in [1.165, 1.54) is 0 Å². The summed E-state index contributed by atoms with van der Waals surface area (Å²) in [5.74, 6) is 0. The Labute approximate surface area is 107 Å². The summed E-state index contributed by atoms with van der Waals surface area (Å²) in [4.78, 5) is 8.66. The summed E-state index contributed by atoms with van der Waals surface area (Å²) in [5, 5.41) is 7.87. The minimum atomic E-state index is 0.111. The molecule has 1 unspecified atom stereocenters. The van der Waals surface area contributed by atoms with Gasteiger partial charge in [0, 0.05) is 19.4 Å². The van der Waals surface area contributed by atoms with Crippen LogP contribution < -0.4 is 5.32 Å². The lowest BCUT2D eigenvalue weighted by Gasteiger charge is -2.16. The molecule has 0 saturated carbocycles. The molecule has 5 heteroatoms. The molecule has 0 bridgehead atoms. The van der Waals surface area contributed by atoms with E-state index >= 15 is 0 Å². The van der Waals surface area contributed by atoms with Crippen molar-refractivity contribution < 1.29 is 0 Å². The Morgan fingerprint density at radius 3 is 2.33 bits per heavy atom. The van der Waals surface area contributed by atoms with Gasteiger partial charge in [-0.25, -0.2) is 0 Å². The number of rotatable bonds is 3. The van der Waals surface area contributed by atoms with Gasteiger partial charge in [0.1, 0.15) is 0 Å². The van der Waals surface area contributed by atoms with Crippen molar-refractivity contribution >= 4 is 5.69 Å². The van der Waals surface area contributed by atoms with Crippen LogP contribution in [0.15, 0.2) is 12.4 Å². The normalized spacial score (nSPS) is 12.5. The number of nitrogens with one attached hydrogen (secondary N) is 1. The summed E-state index contributed by atoms with van der Waals surface area (Å²) in [5.41, 5.74) is 5.14. The first-order chi connectivity index (χ1) is 8.50. The SMILES string of the molecule is Cc1nccnc1C(C)Nc1c(C)nn(C)c1C. The fourth-order valence-electron chi connectivity index (χ4n) is 2.11. The average molecular weight is 245 g/mol. The van der Waals surface area contributed by atoms with Gasteiger partial charge in [-0.05, 0) is 27.7 Å². The highest BCUT2D eigenvalue weighted by atomic mass is 15.3. The lowest BCUT2D eigenvalue weighted by Crippen LogP contribution is -2.12. The van der Waals surface area contributed by atoms with Crippen LogP contribution in [0.4, 0.5) is 5.69 Å². The van der Waals surface area contributed by atoms with Crippen LogP contribution in [0.25, 0.3) is 0 Å². The molecular formula is C13H19N5. The van der Waals surface area contributed by atoms with Crippen LogP contribution in [-0.2, 0) is 7.05 Å². The maximum Gasteiger partial charge on any atom is 0.0835 e. The second-order valence-corrected chi connectivity index (χ2v) is 4.56. The molecule has 0 aliphatic heterocycles. The van der Waals surface area contributed by atoms with Gasteiger partial charge in [0.2, 0.25) is 0 Å². The van der Waals surface area contributed by atoms with Crippen LogP contribution in [0.5, 0.6) is 0 Å². The van der Waals surface area contributed by atoms with Crippen LogP contribution in [0.2, 0.25) is 0 Å². The fourth-order valence-corrected chi connectivity index (χ4v) is 2.11. The summed E-state index contributed by atoms with van der Waals surface area (Å²) < 4.78 is 1.88. The second-order valence-electron chi connectivity index (χ2n) is 4.56. The van der Waals surface area contributed by atoms with Crippen molar-refractivity contribution in [3.63, 3.8) is 0 Å². The van der Waals surface area contributed by atoms with E-state index in [2.05, 4.69) is 34.2 Å². The highest BCUT2D eigenvalue weighted by Gasteiger charge is 2.15. The van der Waals surface area contributed by atoms with Gasteiger partial charge in [-0.1, -0.05) is 0 Å². The molecule has 1 atom stereocenters. The van der Waals surface area contributed by atoms with Gasteiger partial charge in [0.15, 0.2) is 0 Å². The Kier molecular flexibility index (Phi) is 3.32. The van der Waals surface area contributed by atoms with Crippen LogP contribution >= 0.6 is 0 Å². The molecular weight excluding hydrogens is 226 g/mol. The molecule has 0 saturated heterocycles. The van der Waals surface area contributed by atoms with Gasteiger partial charge >= 0.3 is 0 Å². The van der Waals surface area contributed by atoms with Gasteiger partial charge in [-0.15, -0.1) is 0 Å². The summed E-state index contributed by atoms with van der Waals surface area (Å²) in [6, 6.07) is 0.111. The van der Waals surface area contributed by atoms with Crippen molar-refractivity contribution in [3.8, 4) is 0 Å². The van der Waals surface area contributed by atoms with E-state index in [1.807, 2.05) is 25.6 Å². The molecule has 18 heavy (non-hydrogen) atoms. The molecule has 2 aromatic rings. The molecule has 0 amide bonds. The zero-order valence-corrected chi connectivity index (χ0v) is 11.5. The van der Waals surface area contributed by atoms with E-state index in [0.29, 0.717) is 0 Å². The number of hydrogen-bond donors (Lipinski definition) is 1. The van der Waals surface area contributed by atoms with Crippen molar-refractivity contribution in [2.45, 2.75) is 33.7 Å². The van der Waals surface area contributed by atoms with Gasteiger partial charge < -0.3 is 5.32 Å². The molecule has 0 fully saturated rings. The first-order valence-electron chi connectivity index (χ1n) is 6.05. The van der Waals surface area contributed by atoms with E-state index in [9.17, 15) is 0 Å². The molecule has 0 radical (unpaired) electrons. The highest BCUT2D eigenvalue weighted by Crippen LogP contribution is 2.24. The minimum absolute atomic E-state index is 0.111. The molecule has 0 aromatic carbocycles. The van der Waals surface area contributed by atoms with Crippen molar-refractivity contribution in [1.82, 2.24) is 19.7 Å². The van der Waals surface area contributed by atoms with E-state index < -0.39 is 0 Å². The predicted octanol–water partition coefficient (Wildman–Crippen LogP) is 2.31. The number of aryl methyl sites for hydroxylation is 3. The standard InChI is InChI=1S/C13H19N5/c1-8-12(15-7-6-14-8)9(2)16-13-10(3)17-18(5)11(13)4/h6-7,9,16H,1-5H3. The molecule has 2 heterocycles. The Balaban J connectivity index is 2.27. The summed E-state index contributed by atoms with van der Waals surface area (Å²) >= 11 is 0. The van der Waals surface area contributed by atoms with Crippen LogP contribution in [-0.4, -0.2) is 19.7 Å². The largest absolute Gasteiger partial charge is 0.374 e. The van der Waals surface area contributed by atoms with E-state index in [0.717, 1.165) is 28.5 Å². The maximum absolute atomic E-state index is 4.40. The Morgan fingerprint density at radius 2 is 1.78 bits per heavy atom. The summed E-state index contributed by atoms with van der Waals surface area (Å²) in [6.45, 7) is 8.12. The molecule has 96 valence electrons. The Morgan fingerprint density at radius 1 is 1.11 bits per heavy atom. The lowest BCUT2D eigenvalue weighted by molar-refractivity contribution is 0.731. The van der Waals surface area contributed by atoms with Gasteiger partial charge in [-0.2, -0.15) is 5.10 Å². The molecule has 5 nitrogen and oxygen atoms in total. The third-order valence-corrected chi connectivity index (χ3v) is 3.20. The average Bonchev–Trinajstić information content (AvgIpc) is 2.56. The lowest BCUT2D eigenvalue weighted by atomic mass is 10.1. The van der Waals surface area contributed by atoms with Crippen LogP contribution in [0.1, 0.15) is 35.7 Å². The van der Waals surface area contributed by atoms with Crippen LogP contribution in [0, 0.1) is 20.8 Å². The first kappa shape index (κ1) is 12.5. The molecule has 0 aliphatic rings. The predicted molar refractivity (Wildman–Crippen MR) is 71.5 cm³/mol. The molecule has 2 aromatic heterocycles. The Hall–Kier alpha value is -1.91. The third kappa shape index (κ3) is 2.20. The topological polar surface area (TPSA) is 55.6 Å². The van der Waals surface area contributed by atoms with Crippen molar-refractivity contribution in [2.24, 2.45) is 7.05 Å². The van der Waals surface area contributed by atoms with Crippen molar-refractivity contribution in [2.75, 3.05) is 5.32 Å². The zero-order valence-electron chi connectivity index (χ0n) is 11.5. The zero-order chi connectivity index (χ0) is 13.3. The second kappa shape index (κ2) is 4.76. The number of anilines is 1. The summed E-state index contributed by atoms with van der Waals surface area (Å²) in [7, 11) is 1.95. The molecule has 0 aliphatic carbocycles.